The van der Waals surface area contributed by atoms with Gasteiger partial charge in [0.2, 0.25) is 0 Å². The van der Waals surface area contributed by atoms with E-state index in [1.807, 2.05) is 24.3 Å². The number of carbonyl (C=O) groups is 1. The number of hydrogen-bond donors (Lipinski definition) is 0. The summed E-state index contributed by atoms with van der Waals surface area (Å²) in [6.07, 6.45) is 0.865. The van der Waals surface area contributed by atoms with Gasteiger partial charge in [0, 0.05) is 0 Å². The van der Waals surface area contributed by atoms with E-state index in [-0.39, 0.29) is 0 Å². The fourth-order valence-corrected chi connectivity index (χ4v) is 2.24. The first-order chi connectivity index (χ1) is 6.35. The van der Waals surface area contributed by atoms with Crippen molar-refractivity contribution in [1.82, 2.24) is 0 Å². The van der Waals surface area contributed by atoms with Crippen LogP contribution < -0.4 is 4.74 Å². The highest BCUT2D eigenvalue weighted by Gasteiger charge is 2.04. The number of methoxy groups -OCH3 is 1. The molecular formula is C10H8O2S. The Labute approximate surface area is 79.8 Å². The van der Waals surface area contributed by atoms with E-state index in [9.17, 15) is 4.79 Å². The number of carbonyl (C=O) groups excluding carboxylic acids is 1. The highest BCUT2D eigenvalue weighted by Crippen LogP contribution is 2.32. The van der Waals surface area contributed by atoms with Gasteiger partial charge in [0.25, 0.3) is 0 Å². The number of ether oxygens (including phenoxy) is 1. The summed E-state index contributed by atoms with van der Waals surface area (Å²) >= 11 is 1.46. The summed E-state index contributed by atoms with van der Waals surface area (Å²) in [5.74, 6) is 0.829. The van der Waals surface area contributed by atoms with E-state index in [2.05, 4.69) is 0 Å². The van der Waals surface area contributed by atoms with Gasteiger partial charge in [0.15, 0.2) is 6.29 Å². The quantitative estimate of drug-likeness (QED) is 0.684. The standard InChI is InChI=1S/C10H8O2S/c1-12-9-4-2-3-7-5-8(6-11)13-10(7)9/h2-6H,1H3. The van der Waals surface area contributed by atoms with Crippen LogP contribution in [0.5, 0.6) is 5.75 Å². The van der Waals surface area contributed by atoms with Crippen molar-refractivity contribution in [2.24, 2.45) is 0 Å². The Balaban J connectivity index is 2.74. The van der Waals surface area contributed by atoms with Crippen LogP contribution in [0.1, 0.15) is 9.67 Å². The summed E-state index contributed by atoms with van der Waals surface area (Å²) in [4.78, 5) is 11.3. The normalized spacial score (nSPS) is 10.2. The molecule has 2 nitrogen and oxygen atoms in total. The van der Waals surface area contributed by atoms with E-state index in [1.165, 1.54) is 11.3 Å². The zero-order valence-corrected chi connectivity index (χ0v) is 7.93. The van der Waals surface area contributed by atoms with Gasteiger partial charge in [-0.05, 0) is 17.5 Å². The SMILES string of the molecule is COc1cccc2cc(C=O)sc12. The third-order valence-corrected chi connectivity index (χ3v) is 2.95. The van der Waals surface area contributed by atoms with Crippen molar-refractivity contribution in [2.75, 3.05) is 7.11 Å². The van der Waals surface area contributed by atoms with Crippen molar-refractivity contribution in [3.05, 3.63) is 29.1 Å². The molecule has 0 saturated heterocycles. The van der Waals surface area contributed by atoms with Crippen molar-refractivity contribution < 1.29 is 9.53 Å². The second kappa shape index (κ2) is 3.18. The maximum absolute atomic E-state index is 10.5. The highest BCUT2D eigenvalue weighted by molar-refractivity contribution is 7.20. The van der Waals surface area contributed by atoms with Crippen molar-refractivity contribution >= 4 is 27.7 Å². The number of thiophene rings is 1. The van der Waals surface area contributed by atoms with Gasteiger partial charge in [0.1, 0.15) is 5.75 Å². The second-order valence-corrected chi connectivity index (χ2v) is 3.73. The minimum Gasteiger partial charge on any atom is -0.495 e. The lowest BCUT2D eigenvalue weighted by Crippen LogP contribution is -1.80. The molecule has 0 aliphatic carbocycles. The molecule has 0 unspecified atom stereocenters. The smallest absolute Gasteiger partial charge is 0.160 e. The summed E-state index contributed by atoms with van der Waals surface area (Å²) in [5, 5.41) is 1.06. The molecule has 0 spiro atoms. The molecular weight excluding hydrogens is 184 g/mol. The fourth-order valence-electron chi connectivity index (χ4n) is 1.28. The lowest BCUT2D eigenvalue weighted by Gasteiger charge is -1.98. The molecule has 2 aromatic rings. The molecule has 0 aliphatic heterocycles. The first-order valence-corrected chi connectivity index (χ1v) is 4.68. The Morgan fingerprint density at radius 1 is 1.46 bits per heavy atom. The van der Waals surface area contributed by atoms with E-state index in [0.717, 1.165) is 27.0 Å². The number of rotatable bonds is 2. The Morgan fingerprint density at radius 2 is 2.31 bits per heavy atom. The molecule has 66 valence electrons. The minimum atomic E-state index is 0.736. The average molecular weight is 192 g/mol. The van der Waals surface area contributed by atoms with Gasteiger partial charge in [0.05, 0.1) is 16.7 Å². The molecule has 1 heterocycles. The van der Waals surface area contributed by atoms with Crippen LogP contribution >= 0.6 is 11.3 Å². The molecule has 0 N–H and O–H groups in total. The molecule has 1 aromatic carbocycles. The van der Waals surface area contributed by atoms with Crippen LogP contribution in [0.4, 0.5) is 0 Å². The fraction of sp³-hybridized carbons (Fsp3) is 0.100. The van der Waals surface area contributed by atoms with Crippen LogP contribution in [0.3, 0.4) is 0 Å². The highest BCUT2D eigenvalue weighted by atomic mass is 32.1. The van der Waals surface area contributed by atoms with Gasteiger partial charge < -0.3 is 4.74 Å². The third-order valence-electron chi connectivity index (χ3n) is 1.86. The summed E-state index contributed by atoms with van der Waals surface area (Å²) in [6.45, 7) is 0. The maximum Gasteiger partial charge on any atom is 0.160 e. The average Bonchev–Trinajstić information content (AvgIpc) is 2.59. The summed E-state index contributed by atoms with van der Waals surface area (Å²) < 4.78 is 6.21. The predicted molar refractivity (Wildman–Crippen MR) is 53.8 cm³/mol. The van der Waals surface area contributed by atoms with Crippen LogP contribution in [-0.2, 0) is 0 Å². The third kappa shape index (κ3) is 1.31. The van der Waals surface area contributed by atoms with E-state index in [1.54, 1.807) is 7.11 Å². The van der Waals surface area contributed by atoms with E-state index < -0.39 is 0 Å². The molecule has 0 bridgehead atoms. The summed E-state index contributed by atoms with van der Waals surface area (Å²) in [5.41, 5.74) is 0. The molecule has 0 fully saturated rings. The summed E-state index contributed by atoms with van der Waals surface area (Å²) in [7, 11) is 1.63. The monoisotopic (exact) mass is 192 g/mol. The van der Waals surface area contributed by atoms with Crippen molar-refractivity contribution in [3.63, 3.8) is 0 Å². The van der Waals surface area contributed by atoms with Crippen molar-refractivity contribution in [1.29, 1.82) is 0 Å². The van der Waals surface area contributed by atoms with Crippen LogP contribution in [0.15, 0.2) is 24.3 Å². The Bertz CT molecular complexity index is 445. The topological polar surface area (TPSA) is 26.3 Å². The summed E-state index contributed by atoms with van der Waals surface area (Å²) in [6, 6.07) is 7.66. The molecule has 3 heteroatoms. The lowest BCUT2D eigenvalue weighted by atomic mass is 10.2. The van der Waals surface area contributed by atoms with E-state index in [4.69, 9.17) is 4.74 Å². The minimum absolute atomic E-state index is 0.736. The predicted octanol–water partition coefficient (Wildman–Crippen LogP) is 2.72. The second-order valence-electron chi connectivity index (χ2n) is 2.65. The maximum atomic E-state index is 10.5. The number of benzene rings is 1. The largest absolute Gasteiger partial charge is 0.495 e. The van der Waals surface area contributed by atoms with Gasteiger partial charge in [-0.1, -0.05) is 12.1 Å². The number of hydrogen-bond acceptors (Lipinski definition) is 3. The molecule has 0 atom stereocenters. The number of fused-ring (bicyclic) bond motifs is 1. The Hall–Kier alpha value is -1.35. The van der Waals surface area contributed by atoms with Gasteiger partial charge in [-0.15, -0.1) is 11.3 Å². The van der Waals surface area contributed by atoms with Crippen molar-refractivity contribution in [2.45, 2.75) is 0 Å². The lowest BCUT2D eigenvalue weighted by molar-refractivity contribution is 0.112. The molecule has 13 heavy (non-hydrogen) atoms. The van der Waals surface area contributed by atoms with Crippen LogP contribution in [-0.4, -0.2) is 13.4 Å². The van der Waals surface area contributed by atoms with Gasteiger partial charge in [-0.25, -0.2) is 0 Å². The molecule has 0 saturated carbocycles. The first-order valence-electron chi connectivity index (χ1n) is 3.87. The zero-order valence-electron chi connectivity index (χ0n) is 7.11. The zero-order chi connectivity index (χ0) is 9.26. The molecule has 0 radical (unpaired) electrons. The van der Waals surface area contributed by atoms with Crippen LogP contribution in [0, 0.1) is 0 Å². The Morgan fingerprint density at radius 3 is 3.00 bits per heavy atom. The van der Waals surface area contributed by atoms with Gasteiger partial charge >= 0.3 is 0 Å². The first kappa shape index (κ1) is 8.26. The van der Waals surface area contributed by atoms with E-state index in [0.29, 0.717) is 0 Å². The Kier molecular flexibility index (Phi) is 2.02. The molecule has 2 rings (SSSR count). The number of aldehydes is 1. The van der Waals surface area contributed by atoms with E-state index >= 15 is 0 Å². The molecule has 0 amide bonds. The molecule has 0 aliphatic rings. The van der Waals surface area contributed by atoms with Crippen LogP contribution in [0.25, 0.3) is 10.1 Å². The van der Waals surface area contributed by atoms with Crippen LogP contribution in [0.2, 0.25) is 0 Å². The molecule has 1 aromatic heterocycles. The van der Waals surface area contributed by atoms with Gasteiger partial charge in [-0.2, -0.15) is 0 Å². The van der Waals surface area contributed by atoms with Crippen molar-refractivity contribution in [3.8, 4) is 5.75 Å². The van der Waals surface area contributed by atoms with Gasteiger partial charge in [-0.3, -0.25) is 4.79 Å².